The van der Waals surface area contributed by atoms with Gasteiger partial charge in [0.1, 0.15) is 0 Å². The van der Waals surface area contributed by atoms with Crippen molar-refractivity contribution in [1.29, 1.82) is 0 Å². The maximum absolute atomic E-state index is 13.2. The highest BCUT2D eigenvalue weighted by Crippen LogP contribution is 2.28. The van der Waals surface area contributed by atoms with Crippen molar-refractivity contribution in [2.45, 2.75) is 30.7 Å². The average Bonchev–Trinajstić information content (AvgIpc) is 3.47. The third-order valence-electron chi connectivity index (χ3n) is 6.15. The molecular weight excluding hydrogens is 440 g/mol. The van der Waals surface area contributed by atoms with E-state index in [-0.39, 0.29) is 17.3 Å². The second-order valence-electron chi connectivity index (χ2n) is 8.18. The molecule has 1 fully saturated rings. The van der Waals surface area contributed by atoms with E-state index in [9.17, 15) is 13.2 Å². The molecule has 1 saturated heterocycles. The highest BCUT2D eigenvalue weighted by Gasteiger charge is 2.29. The Morgan fingerprint density at radius 1 is 1.00 bits per heavy atom. The number of morpholine rings is 1. The molecule has 2 aromatic carbocycles. The van der Waals surface area contributed by atoms with Crippen molar-refractivity contribution in [2.75, 3.05) is 26.3 Å². The molecule has 0 radical (unpaired) electrons. The third-order valence-corrected chi connectivity index (χ3v) is 8.15. The molecule has 1 N–H and O–H groups in total. The van der Waals surface area contributed by atoms with E-state index in [4.69, 9.17) is 4.74 Å². The predicted molar refractivity (Wildman–Crippen MR) is 123 cm³/mol. The maximum Gasteiger partial charge on any atom is 0.272 e. The Kier molecular flexibility index (Phi) is 6.01. The Morgan fingerprint density at radius 2 is 1.73 bits per heavy atom. The van der Waals surface area contributed by atoms with E-state index in [1.807, 2.05) is 35.0 Å². The van der Waals surface area contributed by atoms with E-state index in [1.165, 1.54) is 4.31 Å². The van der Waals surface area contributed by atoms with Crippen LogP contribution in [-0.4, -0.2) is 54.7 Å². The number of amides is 1. The Morgan fingerprint density at radius 3 is 2.52 bits per heavy atom. The molecule has 5 rings (SSSR count). The minimum Gasteiger partial charge on any atom is -0.379 e. The minimum atomic E-state index is -3.66. The number of carbonyl (C=O) groups excluding carboxylic acids is 1. The van der Waals surface area contributed by atoms with E-state index in [1.54, 1.807) is 24.3 Å². The summed E-state index contributed by atoms with van der Waals surface area (Å²) in [7, 11) is -3.66. The van der Waals surface area contributed by atoms with E-state index in [0.29, 0.717) is 37.6 Å². The number of sulfonamides is 1. The van der Waals surface area contributed by atoms with E-state index >= 15 is 0 Å². The van der Waals surface area contributed by atoms with Gasteiger partial charge >= 0.3 is 0 Å². The number of rotatable bonds is 6. The van der Waals surface area contributed by atoms with Crippen molar-refractivity contribution in [2.24, 2.45) is 0 Å². The van der Waals surface area contributed by atoms with Gasteiger partial charge in [0.2, 0.25) is 10.0 Å². The number of nitrogens with one attached hydrogen (secondary N) is 1. The van der Waals surface area contributed by atoms with Crippen LogP contribution in [0.3, 0.4) is 0 Å². The van der Waals surface area contributed by atoms with Crippen LogP contribution in [0.15, 0.2) is 59.5 Å². The van der Waals surface area contributed by atoms with Gasteiger partial charge in [-0.1, -0.05) is 36.4 Å². The van der Waals surface area contributed by atoms with Crippen molar-refractivity contribution in [3.8, 4) is 5.69 Å². The summed E-state index contributed by atoms with van der Waals surface area (Å²) in [6, 6.07) is 16.6. The molecule has 9 heteroatoms. The molecule has 3 aromatic rings. The van der Waals surface area contributed by atoms with Crippen molar-refractivity contribution >= 4 is 15.9 Å². The van der Waals surface area contributed by atoms with Gasteiger partial charge in [0, 0.05) is 30.9 Å². The van der Waals surface area contributed by atoms with Crippen LogP contribution >= 0.6 is 0 Å². The van der Waals surface area contributed by atoms with Gasteiger partial charge in [-0.2, -0.15) is 9.40 Å². The number of nitrogens with zero attached hydrogens (tertiary/aromatic N) is 3. The number of para-hydroxylation sites is 1. The first-order chi connectivity index (χ1) is 16.1. The fourth-order valence-electron chi connectivity index (χ4n) is 4.49. The lowest BCUT2D eigenvalue weighted by molar-refractivity contribution is 0.0730. The standard InChI is InChI=1S/C24H26N4O4S/c29-24(23-20-10-6-11-21(20)28(26-23)19-8-2-1-3-9-19)25-17-18-7-4-5-12-22(18)33(30,31)27-13-15-32-16-14-27/h1-5,7-9,12H,6,10-11,13-17H2,(H,25,29). The second-order valence-corrected chi connectivity index (χ2v) is 10.1. The van der Waals surface area contributed by atoms with Gasteiger partial charge in [0.25, 0.3) is 5.91 Å². The Hall–Kier alpha value is -3.01. The highest BCUT2D eigenvalue weighted by molar-refractivity contribution is 7.89. The smallest absolute Gasteiger partial charge is 0.272 e. The van der Waals surface area contributed by atoms with Crippen LogP contribution in [0.1, 0.15) is 33.7 Å². The quantitative estimate of drug-likeness (QED) is 0.602. The van der Waals surface area contributed by atoms with Crippen molar-refractivity contribution < 1.29 is 17.9 Å². The summed E-state index contributed by atoms with van der Waals surface area (Å²) in [5, 5.41) is 7.53. The van der Waals surface area contributed by atoms with Crippen LogP contribution in [0.4, 0.5) is 0 Å². The van der Waals surface area contributed by atoms with Crippen LogP contribution in [0, 0.1) is 0 Å². The van der Waals surface area contributed by atoms with Crippen molar-refractivity contribution in [1.82, 2.24) is 19.4 Å². The molecule has 0 unspecified atom stereocenters. The summed E-state index contributed by atoms with van der Waals surface area (Å²) in [6.07, 6.45) is 2.68. The Balaban J connectivity index is 1.38. The number of benzene rings is 2. The lowest BCUT2D eigenvalue weighted by Gasteiger charge is -2.27. The zero-order valence-corrected chi connectivity index (χ0v) is 19.1. The second kappa shape index (κ2) is 9.09. The van der Waals surface area contributed by atoms with Crippen molar-refractivity contribution in [3.05, 3.63) is 77.1 Å². The zero-order chi connectivity index (χ0) is 22.8. The predicted octanol–water partition coefficient (Wildman–Crippen LogP) is 2.31. The van der Waals surface area contributed by atoms with Crippen LogP contribution in [-0.2, 0) is 34.1 Å². The molecule has 8 nitrogen and oxygen atoms in total. The number of aromatic nitrogens is 2. The van der Waals surface area contributed by atoms with Gasteiger partial charge in [0.05, 0.1) is 23.8 Å². The number of fused-ring (bicyclic) bond motifs is 1. The molecule has 1 aliphatic heterocycles. The molecule has 0 saturated carbocycles. The lowest BCUT2D eigenvalue weighted by atomic mass is 10.2. The molecule has 0 spiro atoms. The van der Waals surface area contributed by atoms with E-state index in [2.05, 4.69) is 10.4 Å². The van der Waals surface area contributed by atoms with Gasteiger partial charge in [-0.05, 0) is 43.0 Å². The van der Waals surface area contributed by atoms with Gasteiger partial charge in [-0.15, -0.1) is 0 Å². The lowest BCUT2D eigenvalue weighted by Crippen LogP contribution is -2.41. The fourth-order valence-corrected chi connectivity index (χ4v) is 6.12. The summed E-state index contributed by atoms with van der Waals surface area (Å²) in [5.74, 6) is -0.290. The van der Waals surface area contributed by atoms with Crippen LogP contribution < -0.4 is 5.32 Å². The largest absolute Gasteiger partial charge is 0.379 e. The summed E-state index contributed by atoms with van der Waals surface area (Å²) in [4.78, 5) is 13.3. The molecule has 33 heavy (non-hydrogen) atoms. The molecule has 0 atom stereocenters. The van der Waals surface area contributed by atoms with E-state index in [0.717, 1.165) is 36.2 Å². The van der Waals surface area contributed by atoms with Crippen LogP contribution in [0.5, 0.6) is 0 Å². The molecule has 1 aromatic heterocycles. The van der Waals surface area contributed by atoms with Crippen LogP contribution in [0.25, 0.3) is 5.69 Å². The number of carbonyl (C=O) groups is 1. The third kappa shape index (κ3) is 4.19. The molecule has 0 bridgehead atoms. The summed E-state index contributed by atoms with van der Waals surface area (Å²) >= 11 is 0. The van der Waals surface area contributed by atoms with Gasteiger partial charge in [-0.25, -0.2) is 13.1 Å². The van der Waals surface area contributed by atoms with Gasteiger partial charge < -0.3 is 10.1 Å². The average molecular weight is 467 g/mol. The first-order valence-electron chi connectivity index (χ1n) is 11.2. The maximum atomic E-state index is 13.2. The number of ether oxygens (including phenoxy) is 1. The Labute approximate surface area is 193 Å². The topological polar surface area (TPSA) is 93.5 Å². The van der Waals surface area contributed by atoms with Gasteiger partial charge in [0.15, 0.2) is 5.69 Å². The molecule has 1 amide bonds. The Bertz CT molecular complexity index is 1260. The van der Waals surface area contributed by atoms with E-state index < -0.39 is 10.0 Å². The molecule has 1 aliphatic carbocycles. The molecular formula is C24H26N4O4S. The summed E-state index contributed by atoms with van der Waals surface area (Å²) in [5.41, 5.74) is 3.94. The first-order valence-corrected chi connectivity index (χ1v) is 12.6. The normalized spacial score (nSPS) is 16.5. The minimum absolute atomic E-state index is 0.103. The first kappa shape index (κ1) is 21.8. The number of hydrogen-bond acceptors (Lipinski definition) is 5. The van der Waals surface area contributed by atoms with Gasteiger partial charge in [-0.3, -0.25) is 4.79 Å². The van der Waals surface area contributed by atoms with Crippen molar-refractivity contribution in [3.63, 3.8) is 0 Å². The zero-order valence-electron chi connectivity index (χ0n) is 18.2. The van der Waals surface area contributed by atoms with Crippen LogP contribution in [0.2, 0.25) is 0 Å². The highest BCUT2D eigenvalue weighted by atomic mass is 32.2. The summed E-state index contributed by atoms with van der Waals surface area (Å²) < 4.78 is 34.9. The molecule has 2 aliphatic rings. The fraction of sp³-hybridized carbons (Fsp3) is 0.333. The number of hydrogen-bond donors (Lipinski definition) is 1. The SMILES string of the molecule is O=C(NCc1ccccc1S(=O)(=O)N1CCOCC1)c1nn(-c2ccccc2)c2c1CCC2. The monoisotopic (exact) mass is 466 g/mol. The summed E-state index contributed by atoms with van der Waals surface area (Å²) in [6.45, 7) is 1.52. The molecule has 2 heterocycles. The molecule has 172 valence electrons.